The number of carbonyl (C=O) groups is 2. The number of carbonyl (C=O) groups excluding carboxylic acids is 2. The van der Waals surface area contributed by atoms with E-state index in [2.05, 4.69) is 19.1 Å². The Labute approximate surface area is 188 Å². The molecule has 0 saturated carbocycles. The molecule has 1 aliphatic heterocycles. The first-order valence-electron chi connectivity index (χ1n) is 11.0. The van der Waals surface area contributed by atoms with Crippen molar-refractivity contribution in [1.82, 2.24) is 0 Å². The molecule has 2 heterocycles. The smallest absolute Gasteiger partial charge is 0.348 e. The number of nitrogens with zero attached hydrogens (tertiary/aromatic N) is 1. The topological polar surface area (TPSA) is 66.8 Å². The van der Waals surface area contributed by atoms with E-state index in [4.69, 9.17) is 4.74 Å². The zero-order valence-electron chi connectivity index (χ0n) is 18.3. The van der Waals surface area contributed by atoms with Gasteiger partial charge in [-0.3, -0.25) is 4.79 Å². The van der Waals surface area contributed by atoms with Crippen LogP contribution in [0.25, 0.3) is 0 Å². The number of aliphatic hydroxyl groups is 1. The lowest BCUT2D eigenvalue weighted by Crippen LogP contribution is -2.31. The van der Waals surface area contributed by atoms with E-state index in [0.717, 1.165) is 48.2 Å². The molecule has 0 bridgehead atoms. The molecule has 1 amide bonds. The van der Waals surface area contributed by atoms with E-state index in [1.165, 1.54) is 18.4 Å². The third-order valence-corrected chi connectivity index (χ3v) is 6.70. The second kappa shape index (κ2) is 11.3. The highest BCUT2D eigenvalue weighted by Gasteiger charge is 2.30. The fourth-order valence-corrected chi connectivity index (χ4v) is 4.78. The van der Waals surface area contributed by atoms with E-state index in [9.17, 15) is 14.7 Å². The molecule has 0 aliphatic carbocycles. The minimum Gasteiger partial charge on any atom is -0.465 e. The minimum atomic E-state index is -0.453. The summed E-state index contributed by atoms with van der Waals surface area (Å²) >= 11 is 1.43. The second-order valence-electron chi connectivity index (χ2n) is 7.86. The van der Waals surface area contributed by atoms with Gasteiger partial charge in [0.15, 0.2) is 0 Å². The van der Waals surface area contributed by atoms with Crippen LogP contribution < -0.4 is 4.90 Å². The van der Waals surface area contributed by atoms with Crippen LogP contribution in [-0.4, -0.2) is 30.1 Å². The molecule has 2 atom stereocenters. The van der Waals surface area contributed by atoms with E-state index in [-0.39, 0.29) is 17.9 Å². The van der Waals surface area contributed by atoms with E-state index >= 15 is 0 Å². The first kappa shape index (κ1) is 23.2. The fraction of sp³-hybridized carbons (Fsp3) is 0.440. The third kappa shape index (κ3) is 6.05. The zero-order valence-corrected chi connectivity index (χ0v) is 19.1. The van der Waals surface area contributed by atoms with Crippen LogP contribution in [0.1, 0.15) is 71.7 Å². The van der Waals surface area contributed by atoms with Crippen LogP contribution in [0.4, 0.5) is 5.69 Å². The molecule has 0 radical (unpaired) electrons. The van der Waals surface area contributed by atoms with Crippen molar-refractivity contribution in [3.05, 3.63) is 63.9 Å². The molecule has 0 spiro atoms. The average Bonchev–Trinajstić information content (AvgIpc) is 3.40. The molecule has 6 heteroatoms. The molecule has 31 heavy (non-hydrogen) atoms. The number of allylic oxidation sites excluding steroid dienone is 1. The predicted molar refractivity (Wildman–Crippen MR) is 125 cm³/mol. The van der Waals surface area contributed by atoms with Crippen molar-refractivity contribution in [2.45, 2.75) is 64.0 Å². The molecular weight excluding hydrogens is 410 g/mol. The normalized spacial score (nSPS) is 17.5. The number of esters is 1. The molecular formula is C25H31NO4S. The lowest BCUT2D eigenvalue weighted by Gasteiger charge is -2.23. The number of anilines is 1. The van der Waals surface area contributed by atoms with Gasteiger partial charge in [-0.15, -0.1) is 11.3 Å². The lowest BCUT2D eigenvalue weighted by molar-refractivity contribution is -0.117. The Balaban J connectivity index is 1.62. The van der Waals surface area contributed by atoms with Crippen molar-refractivity contribution >= 4 is 28.9 Å². The molecule has 1 aliphatic rings. The van der Waals surface area contributed by atoms with E-state index < -0.39 is 6.10 Å². The standard InChI is InChI=1S/C25H31NO4S/c1-3-4-5-9-22(27)18-10-12-20(13-11-18)26-19(14-17-24(26)28)7-6-8-21-15-16-23(31-21)25(29)30-2/h6-7,10-13,15-16,19,22,27H,3-5,8-9,14,17H2,1-2H3. The maximum atomic E-state index is 12.5. The average molecular weight is 442 g/mol. The molecule has 166 valence electrons. The van der Waals surface area contributed by atoms with Crippen molar-refractivity contribution in [2.75, 3.05) is 12.0 Å². The van der Waals surface area contributed by atoms with Crippen molar-refractivity contribution in [3.63, 3.8) is 0 Å². The maximum Gasteiger partial charge on any atom is 0.348 e. The summed E-state index contributed by atoms with van der Waals surface area (Å²) in [6.45, 7) is 2.15. The van der Waals surface area contributed by atoms with Crippen molar-refractivity contribution in [3.8, 4) is 0 Å². The first-order chi connectivity index (χ1) is 15.0. The zero-order chi connectivity index (χ0) is 22.2. The summed E-state index contributed by atoms with van der Waals surface area (Å²) in [5, 5.41) is 10.4. The summed E-state index contributed by atoms with van der Waals surface area (Å²) in [4.78, 5) is 27.6. The van der Waals surface area contributed by atoms with Crippen LogP contribution in [0.2, 0.25) is 0 Å². The number of hydrogen-bond acceptors (Lipinski definition) is 5. The molecule has 1 N–H and O–H groups in total. The summed E-state index contributed by atoms with van der Waals surface area (Å²) in [5.74, 6) is -0.193. The van der Waals surface area contributed by atoms with Gasteiger partial charge in [-0.1, -0.05) is 50.5 Å². The fourth-order valence-electron chi connectivity index (χ4n) is 3.87. The summed E-state index contributed by atoms with van der Waals surface area (Å²) in [7, 11) is 1.38. The van der Waals surface area contributed by atoms with E-state index in [1.807, 2.05) is 35.2 Å². The van der Waals surface area contributed by atoms with E-state index in [1.54, 1.807) is 6.07 Å². The largest absolute Gasteiger partial charge is 0.465 e. The van der Waals surface area contributed by atoms with Crippen LogP contribution in [-0.2, 0) is 16.0 Å². The quantitative estimate of drug-likeness (QED) is 0.303. The van der Waals surface area contributed by atoms with Crippen LogP contribution in [0.15, 0.2) is 48.6 Å². The van der Waals surface area contributed by atoms with Gasteiger partial charge in [-0.2, -0.15) is 0 Å². The minimum absolute atomic E-state index is 0.0212. The molecule has 1 fully saturated rings. The monoisotopic (exact) mass is 441 g/mol. The molecule has 3 rings (SSSR count). The summed E-state index contributed by atoms with van der Waals surface area (Å²) in [5.41, 5.74) is 1.77. The van der Waals surface area contributed by atoms with Gasteiger partial charge < -0.3 is 14.7 Å². The lowest BCUT2D eigenvalue weighted by atomic mass is 10.0. The Bertz CT molecular complexity index is 903. The van der Waals surface area contributed by atoms with Gasteiger partial charge in [0.1, 0.15) is 4.88 Å². The van der Waals surface area contributed by atoms with Gasteiger partial charge in [-0.25, -0.2) is 4.79 Å². The summed E-state index contributed by atoms with van der Waals surface area (Å²) in [6, 6.07) is 11.5. The highest BCUT2D eigenvalue weighted by molar-refractivity contribution is 7.13. The third-order valence-electron chi connectivity index (χ3n) is 5.62. The van der Waals surface area contributed by atoms with Crippen LogP contribution in [0, 0.1) is 0 Å². The number of amides is 1. The molecule has 1 saturated heterocycles. The Hall–Kier alpha value is -2.44. The van der Waals surface area contributed by atoms with Crippen LogP contribution in [0.5, 0.6) is 0 Å². The molecule has 2 aromatic rings. The highest BCUT2D eigenvalue weighted by atomic mass is 32.1. The van der Waals surface area contributed by atoms with Gasteiger partial charge >= 0.3 is 5.97 Å². The number of aliphatic hydroxyl groups excluding tert-OH is 1. The first-order valence-corrected chi connectivity index (χ1v) is 11.8. The van der Waals surface area contributed by atoms with Crippen molar-refractivity contribution in [2.24, 2.45) is 0 Å². The number of ether oxygens (including phenoxy) is 1. The van der Waals surface area contributed by atoms with Gasteiger partial charge in [0.2, 0.25) is 5.91 Å². The van der Waals surface area contributed by atoms with Gasteiger partial charge in [0.05, 0.1) is 19.3 Å². The number of methoxy groups -OCH3 is 1. The van der Waals surface area contributed by atoms with E-state index in [0.29, 0.717) is 17.7 Å². The number of unbranched alkanes of at least 4 members (excludes halogenated alkanes) is 2. The summed E-state index contributed by atoms with van der Waals surface area (Å²) < 4.78 is 4.75. The SMILES string of the molecule is CCCCCC(O)c1ccc(N2C(=O)CCC2C=CCc2ccc(C(=O)OC)s2)cc1. The second-order valence-corrected chi connectivity index (χ2v) is 9.03. The number of rotatable bonds is 10. The molecule has 5 nitrogen and oxygen atoms in total. The van der Waals surface area contributed by atoms with Crippen LogP contribution >= 0.6 is 11.3 Å². The Kier molecular flexibility index (Phi) is 8.43. The number of benzene rings is 1. The van der Waals surface area contributed by atoms with Crippen molar-refractivity contribution < 1.29 is 19.4 Å². The molecule has 1 aromatic heterocycles. The molecule has 2 unspecified atom stereocenters. The van der Waals surface area contributed by atoms with Gasteiger partial charge in [0, 0.05) is 17.0 Å². The van der Waals surface area contributed by atoms with Gasteiger partial charge in [0.25, 0.3) is 0 Å². The van der Waals surface area contributed by atoms with Gasteiger partial charge in [-0.05, 0) is 49.1 Å². The Morgan fingerprint density at radius 3 is 2.74 bits per heavy atom. The molecule has 1 aromatic carbocycles. The highest BCUT2D eigenvalue weighted by Crippen LogP contribution is 2.30. The predicted octanol–water partition coefficient (Wildman–Crippen LogP) is 5.44. The van der Waals surface area contributed by atoms with Crippen molar-refractivity contribution in [1.29, 1.82) is 0 Å². The Morgan fingerprint density at radius 1 is 1.26 bits per heavy atom. The number of thiophene rings is 1. The number of hydrogen-bond donors (Lipinski definition) is 1. The summed E-state index contributed by atoms with van der Waals surface area (Å²) in [6.07, 6.45) is 9.76. The van der Waals surface area contributed by atoms with Crippen LogP contribution in [0.3, 0.4) is 0 Å². The maximum absolute atomic E-state index is 12.5. The Morgan fingerprint density at radius 2 is 2.03 bits per heavy atom.